The molecule has 0 atom stereocenters. The van der Waals surface area contributed by atoms with Crippen LogP contribution in [0, 0.1) is 6.92 Å². The number of amides is 1. The minimum atomic E-state index is -0.440. The second-order valence-electron chi connectivity index (χ2n) is 7.17. The summed E-state index contributed by atoms with van der Waals surface area (Å²) in [5.41, 5.74) is 9.09. The molecule has 0 unspecified atom stereocenters. The number of aromatic nitrogens is 2. The van der Waals surface area contributed by atoms with E-state index in [9.17, 15) is 9.59 Å². The van der Waals surface area contributed by atoms with Crippen LogP contribution in [0.5, 0.6) is 0 Å². The van der Waals surface area contributed by atoms with Crippen molar-refractivity contribution >= 4 is 34.9 Å². The molecule has 0 radical (unpaired) electrons. The maximum atomic E-state index is 13.3. The van der Waals surface area contributed by atoms with Crippen molar-refractivity contribution < 1.29 is 4.79 Å². The maximum absolute atomic E-state index is 13.3. The van der Waals surface area contributed by atoms with Gasteiger partial charge in [0.05, 0.1) is 5.75 Å². The number of carbonyl (C=O) groups is 1. The Kier molecular flexibility index (Phi) is 6.37. The molecule has 160 valence electrons. The summed E-state index contributed by atoms with van der Waals surface area (Å²) >= 11 is 1.18. The zero-order valence-electron chi connectivity index (χ0n) is 17.5. The average Bonchev–Trinajstić information content (AvgIpc) is 2.79. The predicted octanol–water partition coefficient (Wildman–Crippen LogP) is 4.58. The van der Waals surface area contributed by atoms with Crippen LogP contribution in [0.1, 0.15) is 5.56 Å². The molecule has 7 heteroatoms. The minimum absolute atomic E-state index is 0.0749. The lowest BCUT2D eigenvalue weighted by molar-refractivity contribution is -0.115. The molecule has 0 saturated carbocycles. The molecule has 1 amide bonds. The van der Waals surface area contributed by atoms with Crippen LogP contribution in [0.25, 0.3) is 5.69 Å². The van der Waals surface area contributed by atoms with Crippen molar-refractivity contribution in [1.29, 1.82) is 0 Å². The van der Waals surface area contributed by atoms with E-state index in [1.165, 1.54) is 17.8 Å². The zero-order valence-corrected chi connectivity index (χ0v) is 18.3. The molecule has 0 spiro atoms. The highest BCUT2D eigenvalue weighted by Gasteiger charge is 2.20. The molecule has 0 saturated heterocycles. The lowest BCUT2D eigenvalue weighted by atomic mass is 10.2. The molecule has 1 heterocycles. The first-order valence-electron chi connectivity index (χ1n) is 10.1. The molecule has 1 aromatic heterocycles. The lowest BCUT2D eigenvalue weighted by Crippen LogP contribution is -2.28. The summed E-state index contributed by atoms with van der Waals surface area (Å²) in [7, 11) is 0. The van der Waals surface area contributed by atoms with Crippen LogP contribution in [-0.4, -0.2) is 21.2 Å². The van der Waals surface area contributed by atoms with Crippen LogP contribution in [0.4, 0.5) is 17.2 Å². The Labute approximate surface area is 190 Å². The number of nitrogens with two attached hydrogens (primary N) is 1. The predicted molar refractivity (Wildman–Crippen MR) is 130 cm³/mol. The van der Waals surface area contributed by atoms with Gasteiger partial charge in [-0.1, -0.05) is 60.3 Å². The van der Waals surface area contributed by atoms with E-state index < -0.39 is 5.56 Å². The Balaban J connectivity index is 1.67. The standard InChI is InChI=1S/C25H22N4O2S/c1-18-9-8-14-21(15-18)29-22(26)16-23(30)27-25(29)32-17-24(31)28(19-10-4-2-5-11-19)20-12-6-3-7-13-20/h2-16H,17,26H2,1H3. The molecule has 0 aliphatic rings. The molecule has 2 N–H and O–H groups in total. The summed E-state index contributed by atoms with van der Waals surface area (Å²) in [4.78, 5) is 31.2. The van der Waals surface area contributed by atoms with E-state index in [1.54, 1.807) is 9.47 Å². The van der Waals surface area contributed by atoms with Gasteiger partial charge in [-0.2, -0.15) is 4.98 Å². The Bertz CT molecular complexity index is 1250. The van der Waals surface area contributed by atoms with E-state index in [0.717, 1.165) is 22.6 Å². The van der Waals surface area contributed by atoms with Gasteiger partial charge in [-0.05, 0) is 48.9 Å². The van der Waals surface area contributed by atoms with Crippen LogP contribution < -0.4 is 16.2 Å². The summed E-state index contributed by atoms with van der Waals surface area (Å²) in [6, 6.07) is 27.9. The van der Waals surface area contributed by atoms with Gasteiger partial charge in [0.1, 0.15) is 5.82 Å². The number of rotatable bonds is 6. The van der Waals surface area contributed by atoms with Crippen molar-refractivity contribution in [2.24, 2.45) is 0 Å². The molecule has 0 fully saturated rings. The Morgan fingerprint density at radius 1 is 0.938 bits per heavy atom. The van der Waals surface area contributed by atoms with Crippen LogP contribution >= 0.6 is 11.8 Å². The molecule has 32 heavy (non-hydrogen) atoms. The highest BCUT2D eigenvalue weighted by atomic mass is 32.2. The van der Waals surface area contributed by atoms with Crippen LogP contribution in [0.15, 0.2) is 101 Å². The second kappa shape index (κ2) is 9.53. The zero-order chi connectivity index (χ0) is 22.5. The Hall–Kier alpha value is -3.84. The van der Waals surface area contributed by atoms with Gasteiger partial charge in [-0.25, -0.2) is 0 Å². The number of aryl methyl sites for hydroxylation is 1. The minimum Gasteiger partial charge on any atom is -0.385 e. The quantitative estimate of drug-likeness (QED) is 0.349. The summed E-state index contributed by atoms with van der Waals surface area (Å²) < 4.78 is 1.70. The van der Waals surface area contributed by atoms with Gasteiger partial charge in [-0.3, -0.25) is 19.1 Å². The first kappa shape index (κ1) is 21.4. The monoisotopic (exact) mass is 442 g/mol. The summed E-state index contributed by atoms with van der Waals surface area (Å²) in [5.74, 6) is 0.208. The van der Waals surface area contributed by atoms with Crippen LogP contribution in [-0.2, 0) is 4.79 Å². The van der Waals surface area contributed by atoms with Gasteiger partial charge in [0.2, 0.25) is 5.91 Å². The van der Waals surface area contributed by atoms with Crippen LogP contribution in [0.3, 0.4) is 0 Å². The third-order valence-corrected chi connectivity index (χ3v) is 5.71. The molecular weight excluding hydrogens is 420 g/mol. The van der Waals surface area contributed by atoms with Crippen molar-refractivity contribution in [3.63, 3.8) is 0 Å². The molecule has 0 aliphatic heterocycles. The van der Waals surface area contributed by atoms with E-state index in [0.29, 0.717) is 5.16 Å². The van der Waals surface area contributed by atoms with Gasteiger partial charge in [0, 0.05) is 23.1 Å². The van der Waals surface area contributed by atoms with E-state index in [-0.39, 0.29) is 17.5 Å². The van der Waals surface area contributed by atoms with Crippen molar-refractivity contribution in [3.8, 4) is 5.69 Å². The fourth-order valence-electron chi connectivity index (χ4n) is 3.38. The van der Waals surface area contributed by atoms with E-state index in [4.69, 9.17) is 5.73 Å². The number of hydrogen-bond acceptors (Lipinski definition) is 5. The third-order valence-electron chi connectivity index (χ3n) is 4.79. The van der Waals surface area contributed by atoms with Crippen LogP contribution in [0.2, 0.25) is 0 Å². The number of hydrogen-bond donors (Lipinski definition) is 1. The topological polar surface area (TPSA) is 81.2 Å². The van der Waals surface area contributed by atoms with Crippen molar-refractivity contribution in [3.05, 3.63) is 107 Å². The Morgan fingerprint density at radius 3 is 2.16 bits per heavy atom. The second-order valence-corrected chi connectivity index (χ2v) is 8.11. The van der Waals surface area contributed by atoms with Gasteiger partial charge in [0.15, 0.2) is 5.16 Å². The molecule has 6 nitrogen and oxygen atoms in total. The van der Waals surface area contributed by atoms with Crippen molar-refractivity contribution in [2.75, 3.05) is 16.4 Å². The fraction of sp³-hybridized carbons (Fsp3) is 0.0800. The van der Waals surface area contributed by atoms with E-state index >= 15 is 0 Å². The van der Waals surface area contributed by atoms with Gasteiger partial charge in [-0.15, -0.1) is 0 Å². The molecule has 3 aromatic carbocycles. The van der Waals surface area contributed by atoms with E-state index in [2.05, 4.69) is 4.98 Å². The largest absolute Gasteiger partial charge is 0.385 e. The number of carbonyl (C=O) groups excluding carboxylic acids is 1. The summed E-state index contributed by atoms with van der Waals surface area (Å²) in [5, 5.41) is 0.370. The summed E-state index contributed by atoms with van der Waals surface area (Å²) in [6.07, 6.45) is 0. The first-order valence-corrected chi connectivity index (χ1v) is 11.0. The third kappa shape index (κ3) is 4.73. The van der Waals surface area contributed by atoms with Crippen molar-refractivity contribution in [1.82, 2.24) is 9.55 Å². The summed E-state index contributed by atoms with van der Waals surface area (Å²) in [6.45, 7) is 1.98. The van der Waals surface area contributed by atoms with Gasteiger partial charge < -0.3 is 5.73 Å². The van der Waals surface area contributed by atoms with Gasteiger partial charge >= 0.3 is 0 Å². The number of anilines is 3. The molecule has 0 bridgehead atoms. The lowest BCUT2D eigenvalue weighted by Gasteiger charge is -2.23. The highest BCUT2D eigenvalue weighted by Crippen LogP contribution is 2.28. The highest BCUT2D eigenvalue weighted by molar-refractivity contribution is 7.99. The number of nitrogen functional groups attached to an aromatic ring is 1. The molecular formula is C25H22N4O2S. The molecule has 4 aromatic rings. The number of nitrogens with zero attached hydrogens (tertiary/aromatic N) is 3. The average molecular weight is 443 g/mol. The molecule has 4 rings (SSSR count). The van der Waals surface area contributed by atoms with Crippen molar-refractivity contribution in [2.45, 2.75) is 12.1 Å². The molecule has 0 aliphatic carbocycles. The number of para-hydroxylation sites is 2. The normalized spacial score (nSPS) is 10.7. The first-order chi connectivity index (χ1) is 15.5. The van der Waals surface area contributed by atoms with E-state index in [1.807, 2.05) is 91.9 Å². The maximum Gasteiger partial charge on any atom is 0.275 e. The Morgan fingerprint density at radius 2 is 1.56 bits per heavy atom. The van der Waals surface area contributed by atoms with Gasteiger partial charge in [0.25, 0.3) is 5.56 Å². The smallest absolute Gasteiger partial charge is 0.275 e. The number of thioether (sulfide) groups is 1. The SMILES string of the molecule is Cc1cccc(-n2c(N)cc(=O)nc2SCC(=O)N(c2ccccc2)c2ccccc2)c1. The number of benzene rings is 3. The fourth-order valence-corrected chi connectivity index (χ4v) is 4.26.